The van der Waals surface area contributed by atoms with Gasteiger partial charge in [0, 0.05) is 29.1 Å². The number of aliphatic imine (C=N–C) groups is 2. The summed E-state index contributed by atoms with van der Waals surface area (Å²) in [6.45, 7) is 12.1. The zero-order chi connectivity index (χ0) is 38.4. The number of benzene rings is 4. The predicted octanol–water partition coefficient (Wildman–Crippen LogP) is 7.14. The Labute approximate surface area is 324 Å². The van der Waals surface area contributed by atoms with Crippen LogP contribution in [0, 0.1) is 6.92 Å². The number of phenols is 2. The Morgan fingerprint density at radius 2 is 1.23 bits per heavy atom. The number of hydrogen-bond donors (Lipinski definition) is 7. The van der Waals surface area contributed by atoms with Crippen molar-refractivity contribution >= 4 is 34.1 Å². The summed E-state index contributed by atoms with van der Waals surface area (Å²) in [5.74, 6) is -0.490. The van der Waals surface area contributed by atoms with Gasteiger partial charge in [-0.2, -0.15) is 0 Å². The Hall–Kier alpha value is -3.63. The summed E-state index contributed by atoms with van der Waals surface area (Å²) in [5, 5.41) is 68.2. The van der Waals surface area contributed by atoms with Gasteiger partial charge in [-0.1, -0.05) is 65.3 Å². The average molecular weight is 774 g/mol. The minimum absolute atomic E-state index is 0. The van der Waals surface area contributed by atoms with Crippen LogP contribution in [0.3, 0.4) is 0 Å². The monoisotopic (exact) mass is 772 g/mol. The largest absolute Gasteiger partial charge is 0.504 e. The number of aryl methyl sites for hydroxylation is 5. The third kappa shape index (κ3) is 13.0. The second-order valence-corrected chi connectivity index (χ2v) is 13.3. The third-order valence-corrected chi connectivity index (χ3v) is 9.41. The molecule has 9 nitrogen and oxygen atoms in total. The van der Waals surface area contributed by atoms with Crippen molar-refractivity contribution < 1.29 is 52.2 Å². The van der Waals surface area contributed by atoms with Crippen LogP contribution >= 0.6 is 0 Å². The normalized spacial score (nSPS) is 14.0. The van der Waals surface area contributed by atoms with E-state index in [2.05, 4.69) is 71.0 Å². The zero-order valence-corrected chi connectivity index (χ0v) is 32.9. The fraction of sp³-hybridized carbons (Fsp3) is 0.442. The quantitative estimate of drug-likeness (QED) is 0.0361. The summed E-state index contributed by atoms with van der Waals surface area (Å²) >= 11 is 0. The molecule has 4 aromatic carbocycles. The van der Waals surface area contributed by atoms with Crippen LogP contribution in [0.4, 0.5) is 11.4 Å². The molecule has 7 N–H and O–H groups in total. The molecule has 0 aliphatic carbocycles. The van der Waals surface area contributed by atoms with E-state index in [1.54, 1.807) is 19.1 Å². The van der Waals surface area contributed by atoms with Crippen molar-refractivity contribution in [3.63, 3.8) is 0 Å². The van der Waals surface area contributed by atoms with Crippen molar-refractivity contribution in [1.82, 2.24) is 0 Å². The van der Waals surface area contributed by atoms with Crippen molar-refractivity contribution in [2.24, 2.45) is 9.98 Å². The van der Waals surface area contributed by atoms with Crippen LogP contribution in [-0.4, -0.2) is 78.7 Å². The van der Waals surface area contributed by atoms with Gasteiger partial charge in [0.05, 0.1) is 29.8 Å². The van der Waals surface area contributed by atoms with E-state index in [4.69, 9.17) is 15.1 Å². The minimum atomic E-state index is -1.67. The number of hydrogen-bond acceptors (Lipinski definition) is 9. The molecule has 4 rings (SSSR count). The van der Waals surface area contributed by atoms with Crippen LogP contribution in [0.2, 0.25) is 0 Å². The molecule has 0 bridgehead atoms. The molecular weight excluding hydrogens is 715 g/mol. The summed E-state index contributed by atoms with van der Waals surface area (Å²) in [6, 6.07) is 19.4. The first-order chi connectivity index (χ1) is 24.9. The van der Waals surface area contributed by atoms with Crippen LogP contribution in [0.5, 0.6) is 11.5 Å². The van der Waals surface area contributed by atoms with E-state index in [0.29, 0.717) is 10.9 Å². The Morgan fingerprint density at radius 3 is 1.79 bits per heavy atom. The Morgan fingerprint density at radius 1 is 0.679 bits per heavy atom. The molecule has 0 spiro atoms. The van der Waals surface area contributed by atoms with Gasteiger partial charge in [0.15, 0.2) is 11.5 Å². The number of aromatic hydroxyl groups is 2. The maximum Gasteiger partial charge on any atom is 0.158 e. The van der Waals surface area contributed by atoms with Gasteiger partial charge >= 0.3 is 0 Å². The molecule has 10 heteroatoms. The third-order valence-electron chi connectivity index (χ3n) is 9.41. The number of aliphatic hydroxyl groups is 5. The molecule has 0 saturated heterocycles. The second kappa shape index (κ2) is 22.6. The fourth-order valence-electron chi connectivity index (χ4n) is 6.24. The molecule has 0 heterocycles. The molecule has 0 aromatic heterocycles. The molecule has 53 heavy (non-hydrogen) atoms. The fourth-order valence-corrected chi connectivity index (χ4v) is 6.24. The van der Waals surface area contributed by atoms with Gasteiger partial charge < -0.3 is 35.7 Å². The van der Waals surface area contributed by atoms with Crippen molar-refractivity contribution in [3.8, 4) is 11.5 Å². The van der Waals surface area contributed by atoms with Gasteiger partial charge in [0.2, 0.25) is 0 Å². The molecule has 292 valence electrons. The summed E-state index contributed by atoms with van der Waals surface area (Å²) < 4.78 is 0. The smallest absolute Gasteiger partial charge is 0.158 e. The van der Waals surface area contributed by atoms with Gasteiger partial charge in [-0.15, -0.1) is 0 Å². The van der Waals surface area contributed by atoms with Crippen molar-refractivity contribution in [3.05, 3.63) is 94.0 Å². The molecule has 4 atom stereocenters. The van der Waals surface area contributed by atoms with Crippen LogP contribution in [0.25, 0.3) is 10.8 Å². The van der Waals surface area contributed by atoms with Gasteiger partial charge in [-0.3, -0.25) is 9.98 Å². The predicted molar refractivity (Wildman–Crippen MR) is 212 cm³/mol. The molecule has 0 saturated carbocycles. The molecule has 0 aliphatic heterocycles. The first-order valence-electron chi connectivity index (χ1n) is 18.5. The first-order valence-corrected chi connectivity index (χ1v) is 18.5. The van der Waals surface area contributed by atoms with Crippen molar-refractivity contribution in [2.45, 2.75) is 117 Å². The van der Waals surface area contributed by atoms with Crippen LogP contribution in [-0.2, 0) is 48.6 Å². The van der Waals surface area contributed by atoms with E-state index in [0.717, 1.165) is 73.0 Å². The van der Waals surface area contributed by atoms with E-state index < -0.39 is 31.0 Å². The summed E-state index contributed by atoms with van der Waals surface area (Å²) in [7, 11) is 0. The molecule has 4 unspecified atom stereocenters. The number of unbranched alkanes of at least 4 members (excludes halogenated alkanes) is 1. The molecule has 0 amide bonds. The van der Waals surface area contributed by atoms with Crippen LogP contribution in [0.1, 0.15) is 87.3 Å². The van der Waals surface area contributed by atoms with Gasteiger partial charge in [-0.05, 0) is 126 Å². The molecule has 0 radical (unpaired) electrons. The van der Waals surface area contributed by atoms with E-state index in [1.807, 2.05) is 6.21 Å². The summed E-state index contributed by atoms with van der Waals surface area (Å²) in [5.41, 5.74) is 10.2. The number of rotatable bonds is 16. The maximum atomic E-state index is 10.1. The number of phenolic OH excluding ortho intramolecular Hbond substituents is 2. The van der Waals surface area contributed by atoms with Crippen LogP contribution < -0.4 is 0 Å². The van der Waals surface area contributed by atoms with E-state index in [9.17, 15) is 30.6 Å². The van der Waals surface area contributed by atoms with Crippen molar-refractivity contribution in [1.29, 1.82) is 0 Å². The number of fused-ring (bicyclic) bond motifs is 1. The van der Waals surface area contributed by atoms with Gasteiger partial charge in [0.1, 0.15) is 18.3 Å². The number of aliphatic hydroxyl groups excluding tert-OH is 5. The van der Waals surface area contributed by atoms with Crippen LogP contribution in [0.15, 0.2) is 70.6 Å². The Kier molecular flexibility index (Phi) is 19.4. The van der Waals surface area contributed by atoms with E-state index >= 15 is 0 Å². The Balaban J connectivity index is 0.000000364. The molecule has 0 fully saturated rings. The molecular formula is C43H58N2NiO7. The molecule has 0 aliphatic rings. The summed E-state index contributed by atoms with van der Waals surface area (Å²) in [6.07, 6.45) is 3.26. The topological polar surface area (TPSA) is 166 Å². The van der Waals surface area contributed by atoms with Gasteiger partial charge in [-0.25, -0.2) is 0 Å². The van der Waals surface area contributed by atoms with Crippen molar-refractivity contribution in [2.75, 3.05) is 6.61 Å². The second-order valence-electron chi connectivity index (χ2n) is 13.3. The Bertz CT molecular complexity index is 1810. The minimum Gasteiger partial charge on any atom is -0.504 e. The SMILES string of the molecule is CCCCC(C=Nc1ccc(CC)c(CC)c1)=Nc1ccc(CC)c(CC)c1.Cc1cc(CC(O)C(O)C(O)C(O)CO)cc2cc(O)c(O)cc12.[Ni]. The van der Waals surface area contributed by atoms with E-state index in [-0.39, 0.29) is 34.4 Å². The van der Waals surface area contributed by atoms with E-state index in [1.165, 1.54) is 34.4 Å². The maximum absolute atomic E-state index is 10.1. The zero-order valence-electron chi connectivity index (χ0n) is 31.9. The molecule has 4 aromatic rings. The number of nitrogens with zero attached hydrogens (tertiary/aromatic N) is 2. The first kappa shape index (κ1) is 45.5. The average Bonchev–Trinajstić information content (AvgIpc) is 3.15. The summed E-state index contributed by atoms with van der Waals surface area (Å²) in [4.78, 5) is 9.70. The van der Waals surface area contributed by atoms with Gasteiger partial charge in [0.25, 0.3) is 0 Å². The standard InChI is InChI=1S/C26H36N2.C17H22O7.Ni/c1-6-11-12-26(28-25-16-14-21(8-3)23(10-5)18-25)19-27-24-15-13-20(7-2)22(9-4)17-24;1-8-2-9(3-10-5-12(19)13(20)6-11(8)10)4-14(21)16(23)17(24)15(22)7-18;/h13-19H,6-12H2,1-5H3;2-3,5-6,14-24H,4,7H2,1H3;.